The van der Waals surface area contributed by atoms with Gasteiger partial charge in [-0.05, 0) is 19.4 Å². The Hall–Kier alpha value is -2.09. The molecule has 1 fully saturated rings. The van der Waals surface area contributed by atoms with E-state index in [9.17, 15) is 5.11 Å². The zero-order chi connectivity index (χ0) is 17.9. The van der Waals surface area contributed by atoms with Gasteiger partial charge < -0.3 is 9.67 Å². The zero-order valence-corrected chi connectivity index (χ0v) is 15.7. The van der Waals surface area contributed by atoms with Crippen LogP contribution in [0.25, 0.3) is 11.3 Å². The van der Waals surface area contributed by atoms with Crippen LogP contribution >= 0.6 is 11.3 Å². The summed E-state index contributed by atoms with van der Waals surface area (Å²) in [6, 6.07) is 10.3. The fourth-order valence-corrected chi connectivity index (χ4v) is 4.44. The molecule has 1 aromatic carbocycles. The van der Waals surface area contributed by atoms with Gasteiger partial charge in [0.2, 0.25) is 0 Å². The molecular formula is C19H23N5OS. The molecule has 1 saturated heterocycles. The van der Waals surface area contributed by atoms with Gasteiger partial charge in [0.25, 0.3) is 0 Å². The number of hydrogen-bond acceptors (Lipinski definition) is 6. The van der Waals surface area contributed by atoms with Crippen molar-refractivity contribution in [3.63, 3.8) is 0 Å². The maximum Gasteiger partial charge on any atom is 0.158 e. The average Bonchev–Trinajstić information content (AvgIpc) is 3.29. The second-order valence-corrected chi connectivity index (χ2v) is 7.70. The van der Waals surface area contributed by atoms with E-state index in [0.29, 0.717) is 11.7 Å². The molecule has 2 aromatic heterocycles. The number of aliphatic hydroxyl groups excluding tert-OH is 1. The quantitative estimate of drug-likeness (QED) is 0.749. The van der Waals surface area contributed by atoms with Gasteiger partial charge in [-0.1, -0.05) is 30.3 Å². The standard InChI is InChI=1S/C19H23N5OS/c1-23-17(12-25)21-22-19(23)15-8-5-9-24(10-15)11-18-20-16(13-26-18)14-6-3-2-4-7-14/h2-4,6-7,13,15,25H,5,8-12H2,1H3/t15-/m0/s1. The Labute approximate surface area is 157 Å². The van der Waals surface area contributed by atoms with Gasteiger partial charge in [-0.25, -0.2) is 4.98 Å². The molecular weight excluding hydrogens is 346 g/mol. The number of rotatable bonds is 5. The number of thiazole rings is 1. The third-order valence-electron chi connectivity index (χ3n) is 4.99. The SMILES string of the molecule is Cn1c(CO)nnc1[C@H]1CCCN(Cc2nc(-c3ccccc3)cs2)C1. The lowest BCUT2D eigenvalue weighted by molar-refractivity contribution is 0.194. The topological polar surface area (TPSA) is 67.1 Å². The van der Waals surface area contributed by atoms with Crippen LogP contribution in [0, 0.1) is 0 Å². The molecule has 0 saturated carbocycles. The van der Waals surface area contributed by atoms with E-state index in [-0.39, 0.29) is 6.61 Å². The van der Waals surface area contributed by atoms with Gasteiger partial charge in [-0.3, -0.25) is 4.90 Å². The van der Waals surface area contributed by atoms with Crippen LogP contribution in [0.1, 0.15) is 35.4 Å². The van der Waals surface area contributed by atoms with Crippen LogP contribution in [0.4, 0.5) is 0 Å². The third kappa shape index (κ3) is 3.56. The van der Waals surface area contributed by atoms with Gasteiger partial charge in [0, 0.05) is 30.5 Å². The highest BCUT2D eigenvalue weighted by Crippen LogP contribution is 2.28. The lowest BCUT2D eigenvalue weighted by atomic mass is 9.97. The van der Waals surface area contributed by atoms with Crippen LogP contribution in [0.15, 0.2) is 35.7 Å². The van der Waals surface area contributed by atoms with Gasteiger partial charge in [-0.2, -0.15) is 0 Å². The first-order chi connectivity index (χ1) is 12.7. The van der Waals surface area contributed by atoms with Crippen molar-refractivity contribution in [3.05, 3.63) is 52.4 Å². The largest absolute Gasteiger partial charge is 0.388 e. The number of piperidine rings is 1. The van der Waals surface area contributed by atoms with Crippen molar-refractivity contribution in [2.45, 2.75) is 31.9 Å². The van der Waals surface area contributed by atoms with Crippen molar-refractivity contribution < 1.29 is 5.11 Å². The highest BCUT2D eigenvalue weighted by atomic mass is 32.1. The van der Waals surface area contributed by atoms with Gasteiger partial charge >= 0.3 is 0 Å². The summed E-state index contributed by atoms with van der Waals surface area (Å²) in [5.41, 5.74) is 2.22. The number of likely N-dealkylation sites (tertiary alicyclic amines) is 1. The number of benzene rings is 1. The molecule has 0 bridgehead atoms. The molecule has 0 radical (unpaired) electrons. The molecule has 6 nitrogen and oxygen atoms in total. The lowest BCUT2D eigenvalue weighted by Crippen LogP contribution is -2.34. The van der Waals surface area contributed by atoms with E-state index >= 15 is 0 Å². The van der Waals surface area contributed by atoms with Crippen molar-refractivity contribution in [2.24, 2.45) is 7.05 Å². The van der Waals surface area contributed by atoms with Crippen LogP contribution < -0.4 is 0 Å². The van der Waals surface area contributed by atoms with Gasteiger partial charge in [0.05, 0.1) is 12.2 Å². The molecule has 0 spiro atoms. The van der Waals surface area contributed by atoms with E-state index < -0.39 is 0 Å². The molecule has 0 aliphatic carbocycles. The summed E-state index contributed by atoms with van der Waals surface area (Å²) in [7, 11) is 1.94. The van der Waals surface area contributed by atoms with E-state index in [1.165, 1.54) is 5.56 Å². The summed E-state index contributed by atoms with van der Waals surface area (Å²) in [5.74, 6) is 1.96. The minimum absolute atomic E-state index is 0.0681. The molecule has 0 unspecified atom stereocenters. The van der Waals surface area contributed by atoms with Crippen molar-refractivity contribution >= 4 is 11.3 Å². The number of aliphatic hydroxyl groups is 1. The first-order valence-corrected chi connectivity index (χ1v) is 9.83. The molecule has 26 heavy (non-hydrogen) atoms. The predicted octanol–water partition coefficient (Wildman–Crippen LogP) is 2.81. The van der Waals surface area contributed by atoms with Crippen LogP contribution in [0.2, 0.25) is 0 Å². The smallest absolute Gasteiger partial charge is 0.158 e. The molecule has 0 amide bonds. The van der Waals surface area contributed by atoms with E-state index in [4.69, 9.17) is 4.98 Å². The Balaban J connectivity index is 1.44. The minimum Gasteiger partial charge on any atom is -0.388 e. The third-order valence-corrected chi connectivity index (χ3v) is 5.82. The average molecular weight is 369 g/mol. The Morgan fingerprint density at radius 3 is 2.85 bits per heavy atom. The lowest BCUT2D eigenvalue weighted by Gasteiger charge is -2.31. The Bertz CT molecular complexity index is 860. The molecule has 1 aliphatic heterocycles. The van der Waals surface area contributed by atoms with Crippen LogP contribution in [0.5, 0.6) is 0 Å². The first kappa shape index (κ1) is 17.3. The van der Waals surface area contributed by atoms with Gasteiger partial charge in [-0.15, -0.1) is 21.5 Å². The maximum absolute atomic E-state index is 9.33. The summed E-state index contributed by atoms with van der Waals surface area (Å²) in [5, 5.41) is 21.0. The summed E-state index contributed by atoms with van der Waals surface area (Å²) < 4.78 is 1.94. The molecule has 3 heterocycles. The minimum atomic E-state index is -0.0681. The molecule has 1 aliphatic rings. The monoisotopic (exact) mass is 369 g/mol. The van der Waals surface area contributed by atoms with Crippen molar-refractivity contribution in [1.29, 1.82) is 0 Å². The van der Waals surface area contributed by atoms with Gasteiger partial charge in [0.15, 0.2) is 5.82 Å². The highest BCUT2D eigenvalue weighted by molar-refractivity contribution is 7.09. The van der Waals surface area contributed by atoms with Gasteiger partial charge in [0.1, 0.15) is 17.4 Å². The maximum atomic E-state index is 9.33. The molecule has 4 rings (SSSR count). The van der Waals surface area contributed by atoms with Crippen molar-refractivity contribution in [2.75, 3.05) is 13.1 Å². The van der Waals surface area contributed by atoms with Crippen LogP contribution in [-0.4, -0.2) is 42.8 Å². The van der Waals surface area contributed by atoms with Crippen LogP contribution in [0.3, 0.4) is 0 Å². The highest BCUT2D eigenvalue weighted by Gasteiger charge is 2.26. The Kier molecular flexibility index (Phi) is 5.10. The van der Waals surface area contributed by atoms with Crippen molar-refractivity contribution in [1.82, 2.24) is 24.6 Å². The molecule has 1 atom stereocenters. The first-order valence-electron chi connectivity index (χ1n) is 8.96. The number of aromatic nitrogens is 4. The Morgan fingerprint density at radius 2 is 2.08 bits per heavy atom. The van der Waals surface area contributed by atoms with Crippen LogP contribution in [-0.2, 0) is 20.2 Å². The summed E-state index contributed by atoms with van der Waals surface area (Å²) in [6.45, 7) is 2.85. The predicted molar refractivity (Wildman–Crippen MR) is 102 cm³/mol. The van der Waals surface area contributed by atoms with E-state index in [1.807, 2.05) is 29.8 Å². The van der Waals surface area contributed by atoms with E-state index in [2.05, 4.69) is 32.6 Å². The molecule has 136 valence electrons. The zero-order valence-electron chi connectivity index (χ0n) is 14.9. The summed E-state index contributed by atoms with van der Waals surface area (Å²) in [6.07, 6.45) is 2.25. The fraction of sp³-hybridized carbons (Fsp3) is 0.421. The molecule has 7 heteroatoms. The fourth-order valence-electron chi connectivity index (χ4n) is 3.59. The number of nitrogens with zero attached hydrogens (tertiary/aromatic N) is 5. The number of hydrogen-bond donors (Lipinski definition) is 1. The van der Waals surface area contributed by atoms with Crippen molar-refractivity contribution in [3.8, 4) is 11.3 Å². The second-order valence-electron chi connectivity index (χ2n) is 6.76. The Morgan fingerprint density at radius 1 is 1.23 bits per heavy atom. The van der Waals surface area contributed by atoms with E-state index in [0.717, 1.165) is 49.0 Å². The normalized spacial score (nSPS) is 18.3. The molecule has 3 aromatic rings. The second kappa shape index (κ2) is 7.65. The van der Waals surface area contributed by atoms with E-state index in [1.54, 1.807) is 11.3 Å². The summed E-state index contributed by atoms with van der Waals surface area (Å²) in [4.78, 5) is 7.27. The summed E-state index contributed by atoms with van der Waals surface area (Å²) >= 11 is 1.73. The molecule has 1 N–H and O–H groups in total.